The Hall–Kier alpha value is -0.980. The molecule has 0 unspecified atom stereocenters. The van der Waals surface area contributed by atoms with Gasteiger partial charge in [-0.1, -0.05) is 12.2 Å². The van der Waals surface area contributed by atoms with E-state index >= 15 is 0 Å². The van der Waals surface area contributed by atoms with Crippen LogP contribution in [0.4, 0.5) is 0 Å². The highest BCUT2D eigenvalue weighted by Gasteiger charge is 2.08. The minimum atomic E-state index is 1.35. The van der Waals surface area contributed by atoms with Gasteiger partial charge < -0.3 is 4.57 Å². The maximum Gasteiger partial charge on any atom is 0.0218 e. The van der Waals surface area contributed by atoms with Gasteiger partial charge in [-0.05, 0) is 38.8 Å². The quantitative estimate of drug-likeness (QED) is 0.600. The summed E-state index contributed by atoms with van der Waals surface area (Å²) in [4.78, 5) is 0. The van der Waals surface area contributed by atoms with Gasteiger partial charge in [0, 0.05) is 18.4 Å². The molecule has 0 bridgehead atoms. The molecule has 66 valence electrons. The number of aromatic nitrogens is 1. The van der Waals surface area contributed by atoms with E-state index in [2.05, 4.69) is 51.5 Å². The van der Waals surface area contributed by atoms with Crippen molar-refractivity contribution in [3.63, 3.8) is 0 Å². The number of hydrogen-bond donors (Lipinski definition) is 0. The summed E-state index contributed by atoms with van der Waals surface area (Å²) in [6.45, 7) is 8.56. The molecule has 1 aromatic rings. The van der Waals surface area contributed by atoms with E-state index in [0.717, 1.165) is 0 Å². The summed E-state index contributed by atoms with van der Waals surface area (Å²) in [5, 5.41) is 0. The summed E-state index contributed by atoms with van der Waals surface area (Å²) in [5.41, 5.74) is 5.48. The van der Waals surface area contributed by atoms with Gasteiger partial charge in [0.05, 0.1) is 0 Å². The first kappa shape index (κ1) is 9.11. The molecule has 0 aromatic carbocycles. The van der Waals surface area contributed by atoms with Gasteiger partial charge in [0.1, 0.15) is 0 Å². The first-order chi connectivity index (χ1) is 5.59. The topological polar surface area (TPSA) is 4.93 Å². The lowest BCUT2D eigenvalue weighted by molar-refractivity contribution is 0.840. The largest absolute Gasteiger partial charge is 0.351 e. The molecule has 1 heteroatoms. The molecule has 0 spiro atoms. The predicted octanol–water partition coefficient (Wildman–Crippen LogP) is 2.98. The Kier molecular flexibility index (Phi) is 2.41. The SMILES string of the molecule is C/C=C\c1c(C)c(C)n(C)c1C. The lowest BCUT2D eigenvalue weighted by Gasteiger charge is -1.98. The van der Waals surface area contributed by atoms with Crippen LogP contribution in [0.1, 0.15) is 29.4 Å². The first-order valence-corrected chi connectivity index (χ1v) is 4.34. The smallest absolute Gasteiger partial charge is 0.0218 e. The highest BCUT2D eigenvalue weighted by atomic mass is 15.0. The molecular formula is C11H17N. The lowest BCUT2D eigenvalue weighted by Crippen LogP contribution is -1.92. The molecule has 0 N–H and O–H groups in total. The number of allylic oxidation sites excluding steroid dienone is 1. The molecule has 0 saturated carbocycles. The number of hydrogen-bond acceptors (Lipinski definition) is 0. The summed E-state index contributed by atoms with van der Waals surface area (Å²) >= 11 is 0. The van der Waals surface area contributed by atoms with E-state index in [9.17, 15) is 0 Å². The molecule has 0 aliphatic carbocycles. The van der Waals surface area contributed by atoms with Gasteiger partial charge in [0.2, 0.25) is 0 Å². The second-order valence-corrected chi connectivity index (χ2v) is 3.27. The molecule has 0 saturated heterocycles. The van der Waals surface area contributed by atoms with Crippen LogP contribution in [0.3, 0.4) is 0 Å². The summed E-state index contributed by atoms with van der Waals surface area (Å²) in [6.07, 6.45) is 4.27. The Morgan fingerprint density at radius 1 is 1.08 bits per heavy atom. The van der Waals surface area contributed by atoms with Crippen LogP contribution >= 0.6 is 0 Å². The highest BCUT2D eigenvalue weighted by molar-refractivity contribution is 5.58. The van der Waals surface area contributed by atoms with Crippen LogP contribution in [0.5, 0.6) is 0 Å². The van der Waals surface area contributed by atoms with Crippen molar-refractivity contribution in [1.82, 2.24) is 4.57 Å². The monoisotopic (exact) mass is 163 g/mol. The normalized spacial score (nSPS) is 11.4. The molecule has 0 atom stereocenters. The zero-order valence-electron chi connectivity index (χ0n) is 8.60. The maximum atomic E-state index is 2.24. The fourth-order valence-corrected chi connectivity index (χ4v) is 1.56. The van der Waals surface area contributed by atoms with Crippen LogP contribution in [-0.2, 0) is 7.05 Å². The standard InChI is InChI=1S/C11H17N/c1-6-7-11-8(2)9(3)12(5)10(11)4/h6-7H,1-5H3/b7-6-. The molecule has 0 aliphatic heterocycles. The van der Waals surface area contributed by atoms with Gasteiger partial charge in [-0.15, -0.1) is 0 Å². The van der Waals surface area contributed by atoms with Crippen molar-refractivity contribution in [1.29, 1.82) is 0 Å². The van der Waals surface area contributed by atoms with E-state index in [-0.39, 0.29) is 0 Å². The van der Waals surface area contributed by atoms with Crippen molar-refractivity contribution in [3.8, 4) is 0 Å². The second-order valence-electron chi connectivity index (χ2n) is 3.27. The Balaban J connectivity index is 3.37. The second kappa shape index (κ2) is 3.18. The minimum Gasteiger partial charge on any atom is -0.351 e. The van der Waals surface area contributed by atoms with Crippen molar-refractivity contribution >= 4 is 6.08 Å². The van der Waals surface area contributed by atoms with Crippen molar-refractivity contribution in [3.05, 3.63) is 28.6 Å². The van der Waals surface area contributed by atoms with Crippen molar-refractivity contribution < 1.29 is 0 Å². The van der Waals surface area contributed by atoms with E-state index in [1.165, 1.54) is 22.5 Å². The van der Waals surface area contributed by atoms with E-state index in [1.807, 2.05) is 0 Å². The average Bonchev–Trinajstić information content (AvgIpc) is 2.23. The van der Waals surface area contributed by atoms with Gasteiger partial charge in [0.25, 0.3) is 0 Å². The third-order valence-electron chi connectivity index (χ3n) is 2.68. The summed E-state index contributed by atoms with van der Waals surface area (Å²) in [5.74, 6) is 0. The highest BCUT2D eigenvalue weighted by Crippen LogP contribution is 2.21. The molecule has 1 heterocycles. The molecule has 1 aromatic heterocycles. The molecule has 12 heavy (non-hydrogen) atoms. The maximum absolute atomic E-state index is 2.24. The zero-order chi connectivity index (χ0) is 9.30. The Morgan fingerprint density at radius 2 is 1.67 bits per heavy atom. The fourth-order valence-electron chi connectivity index (χ4n) is 1.56. The van der Waals surface area contributed by atoms with Gasteiger partial charge in [-0.2, -0.15) is 0 Å². The molecular weight excluding hydrogens is 146 g/mol. The molecule has 0 radical (unpaired) electrons. The lowest BCUT2D eigenvalue weighted by atomic mass is 10.1. The first-order valence-electron chi connectivity index (χ1n) is 4.34. The Morgan fingerprint density at radius 3 is 2.00 bits per heavy atom. The number of nitrogens with zero attached hydrogens (tertiary/aromatic N) is 1. The van der Waals surface area contributed by atoms with Gasteiger partial charge in [0.15, 0.2) is 0 Å². The van der Waals surface area contributed by atoms with Crippen LogP contribution < -0.4 is 0 Å². The van der Waals surface area contributed by atoms with Gasteiger partial charge in [-0.25, -0.2) is 0 Å². The van der Waals surface area contributed by atoms with E-state index in [4.69, 9.17) is 0 Å². The molecule has 0 amide bonds. The zero-order valence-corrected chi connectivity index (χ0v) is 8.60. The molecule has 0 aliphatic rings. The van der Waals surface area contributed by atoms with Gasteiger partial charge >= 0.3 is 0 Å². The summed E-state index contributed by atoms with van der Waals surface area (Å²) < 4.78 is 2.24. The Bertz CT molecular complexity index is 291. The third-order valence-corrected chi connectivity index (χ3v) is 2.68. The van der Waals surface area contributed by atoms with Crippen molar-refractivity contribution in [2.75, 3.05) is 0 Å². The summed E-state index contributed by atoms with van der Waals surface area (Å²) in [7, 11) is 2.12. The number of rotatable bonds is 1. The van der Waals surface area contributed by atoms with Crippen molar-refractivity contribution in [2.45, 2.75) is 27.7 Å². The van der Waals surface area contributed by atoms with E-state index in [0.29, 0.717) is 0 Å². The van der Waals surface area contributed by atoms with Crippen LogP contribution in [-0.4, -0.2) is 4.57 Å². The van der Waals surface area contributed by atoms with Crippen molar-refractivity contribution in [2.24, 2.45) is 7.05 Å². The van der Waals surface area contributed by atoms with Crippen LogP contribution in [0.2, 0.25) is 0 Å². The Labute approximate surface area is 74.7 Å². The average molecular weight is 163 g/mol. The van der Waals surface area contributed by atoms with Crippen LogP contribution in [0.15, 0.2) is 6.08 Å². The summed E-state index contributed by atoms with van der Waals surface area (Å²) in [6, 6.07) is 0. The van der Waals surface area contributed by atoms with E-state index in [1.54, 1.807) is 0 Å². The van der Waals surface area contributed by atoms with Crippen LogP contribution in [0.25, 0.3) is 6.08 Å². The molecule has 0 fully saturated rings. The minimum absolute atomic E-state index is 1.35. The third kappa shape index (κ3) is 1.20. The fraction of sp³-hybridized carbons (Fsp3) is 0.455. The van der Waals surface area contributed by atoms with Gasteiger partial charge in [-0.3, -0.25) is 0 Å². The van der Waals surface area contributed by atoms with E-state index < -0.39 is 0 Å². The van der Waals surface area contributed by atoms with Crippen LogP contribution in [0, 0.1) is 20.8 Å². The molecule has 1 nitrogen and oxygen atoms in total. The molecule has 1 rings (SSSR count). The predicted molar refractivity (Wildman–Crippen MR) is 54.3 cm³/mol.